The van der Waals surface area contributed by atoms with Gasteiger partial charge in [-0.05, 0) is 72.6 Å². The van der Waals surface area contributed by atoms with Crippen molar-refractivity contribution in [1.29, 1.82) is 0 Å². The maximum atomic E-state index is 14.0. The second kappa shape index (κ2) is 20.8. The number of nitrogens with two attached hydrogens (primary N) is 1. The molecule has 7 N–H and O–H groups in total. The molecule has 2 aliphatic heterocycles. The van der Waals surface area contributed by atoms with Crippen molar-refractivity contribution >= 4 is 52.5 Å². The molecule has 4 atom stereocenters. The largest absolute Gasteiger partial charge is 0.458 e. The molecule has 8 rings (SSSR count). The van der Waals surface area contributed by atoms with Crippen LogP contribution in [0.3, 0.4) is 0 Å². The fourth-order valence-electron chi connectivity index (χ4n) is 9.79. The summed E-state index contributed by atoms with van der Waals surface area (Å²) in [5, 5.41) is 22.1. The zero-order chi connectivity index (χ0) is 51.6. The predicted molar refractivity (Wildman–Crippen MR) is 264 cm³/mol. The van der Waals surface area contributed by atoms with Gasteiger partial charge in [0.15, 0.2) is 5.60 Å². The maximum Gasteiger partial charge on any atom is 0.407 e. The molecule has 0 fully saturated rings. The average Bonchev–Trinajstić information content (AvgIpc) is 3.89. The van der Waals surface area contributed by atoms with Gasteiger partial charge < -0.3 is 51.0 Å². The first-order chi connectivity index (χ1) is 34.4. The van der Waals surface area contributed by atoms with Crippen LogP contribution in [-0.4, -0.2) is 106 Å². The Balaban J connectivity index is 0.882. The number of hydrogen-bond donors (Lipinski definition) is 6. The molecule has 0 saturated carbocycles. The molecule has 376 valence electrons. The Morgan fingerprint density at radius 1 is 0.875 bits per heavy atom. The molecular formula is C53H58N8O11. The number of carbonyl (C=O) groups excluding carboxylic acids is 7. The monoisotopic (exact) mass is 982 g/mol. The summed E-state index contributed by atoms with van der Waals surface area (Å²) >= 11 is 0. The van der Waals surface area contributed by atoms with E-state index in [0.29, 0.717) is 29.9 Å². The summed E-state index contributed by atoms with van der Waals surface area (Å²) in [5.41, 5.74) is 10.8. The highest BCUT2D eigenvalue weighted by Gasteiger charge is 2.45. The zero-order valence-corrected chi connectivity index (χ0v) is 40.7. The third-order valence-electron chi connectivity index (χ3n) is 13.6. The molecule has 4 heterocycles. The molecule has 5 aromatic rings. The Labute approximate surface area is 414 Å². The number of primary amides is 1. The topological polar surface area (TPSA) is 270 Å². The fourth-order valence-corrected chi connectivity index (χ4v) is 9.79. The van der Waals surface area contributed by atoms with Gasteiger partial charge >= 0.3 is 12.1 Å². The Bertz CT molecular complexity index is 3030. The minimum Gasteiger partial charge on any atom is -0.458 e. The number of aromatic nitrogens is 2. The number of rotatable bonds is 18. The summed E-state index contributed by atoms with van der Waals surface area (Å²) in [5.74, 6) is -4.80. The first kappa shape index (κ1) is 50.5. The van der Waals surface area contributed by atoms with Crippen molar-refractivity contribution in [3.05, 3.63) is 123 Å². The first-order valence-electron chi connectivity index (χ1n) is 24.0. The normalized spacial score (nSPS) is 16.5. The van der Waals surface area contributed by atoms with E-state index in [1.807, 2.05) is 86.6 Å². The lowest BCUT2D eigenvalue weighted by atomic mass is 9.86. The van der Waals surface area contributed by atoms with Crippen LogP contribution < -0.4 is 32.6 Å². The molecule has 19 nitrogen and oxygen atoms in total. The highest BCUT2D eigenvalue weighted by molar-refractivity contribution is 5.96. The number of fused-ring (bicyclic) bond motifs is 8. The van der Waals surface area contributed by atoms with Gasteiger partial charge in [-0.1, -0.05) is 87.5 Å². The highest BCUT2D eigenvalue weighted by atomic mass is 16.6. The van der Waals surface area contributed by atoms with E-state index in [1.165, 1.54) is 13.8 Å². The number of carbonyl (C=O) groups is 7. The van der Waals surface area contributed by atoms with Gasteiger partial charge in [0.05, 0.1) is 42.0 Å². The van der Waals surface area contributed by atoms with Crippen LogP contribution >= 0.6 is 0 Å². The standard InChI is InChI=1S/C53H58N8O11/c1-6-53(70)40-21-43-46-37(25-61(43)50(67)39(40)27-71-51(53)68)35(36-17-11-12-18-41(36)58-46)19-20-60(24-28(2)3)45(63)23-55-49(66)42(22-44(54)62)59-48(65)29(4)56-47(64)30(5)57-52(69)72-26-38-33-15-9-7-13-31(33)32-14-8-10-16-34(32)38/h7-18,21,28-30,38,42,70H,6,19-20,22-27H2,1-5H3,(H2,54,62)(H,55,66)(H,56,64)(H,57,69)(H,59,65)/t29-,30-,42-,53-/m0/s1. The van der Waals surface area contributed by atoms with Gasteiger partial charge in [0.1, 0.15) is 31.3 Å². The minimum atomic E-state index is -1.99. The summed E-state index contributed by atoms with van der Waals surface area (Å²) < 4.78 is 12.3. The Morgan fingerprint density at radius 3 is 2.18 bits per heavy atom. The van der Waals surface area contributed by atoms with Crippen LogP contribution in [0.25, 0.3) is 33.4 Å². The second-order valence-electron chi connectivity index (χ2n) is 18.9. The second-order valence-corrected chi connectivity index (χ2v) is 18.9. The molecule has 0 unspecified atom stereocenters. The van der Waals surface area contributed by atoms with Crippen LogP contribution in [0, 0.1) is 5.92 Å². The highest BCUT2D eigenvalue weighted by Crippen LogP contribution is 2.45. The van der Waals surface area contributed by atoms with Gasteiger partial charge in [0.25, 0.3) is 5.56 Å². The van der Waals surface area contributed by atoms with Crippen molar-refractivity contribution in [2.24, 2.45) is 11.7 Å². The van der Waals surface area contributed by atoms with E-state index in [2.05, 4.69) is 21.3 Å². The van der Waals surface area contributed by atoms with Crippen molar-refractivity contribution in [1.82, 2.24) is 35.7 Å². The van der Waals surface area contributed by atoms with Gasteiger partial charge in [-0.15, -0.1) is 0 Å². The Hall–Kier alpha value is -7.93. The molecule has 0 radical (unpaired) electrons. The summed E-state index contributed by atoms with van der Waals surface area (Å²) in [7, 11) is 0. The molecule has 3 aromatic carbocycles. The third-order valence-corrected chi connectivity index (χ3v) is 13.6. The number of ether oxygens (including phenoxy) is 2. The summed E-state index contributed by atoms with van der Waals surface area (Å²) in [4.78, 5) is 112. The fraction of sp³-hybridized carbons (Fsp3) is 0.377. The van der Waals surface area contributed by atoms with Crippen molar-refractivity contribution in [2.75, 3.05) is 26.2 Å². The van der Waals surface area contributed by atoms with E-state index in [4.69, 9.17) is 20.2 Å². The van der Waals surface area contributed by atoms with Crippen molar-refractivity contribution in [3.8, 4) is 22.5 Å². The first-order valence-corrected chi connectivity index (χ1v) is 24.0. The van der Waals surface area contributed by atoms with E-state index in [9.17, 15) is 43.5 Å². The van der Waals surface area contributed by atoms with Crippen LogP contribution in [0.5, 0.6) is 0 Å². The molecular weight excluding hydrogens is 925 g/mol. The van der Waals surface area contributed by atoms with Gasteiger partial charge in [0.2, 0.25) is 29.5 Å². The Morgan fingerprint density at radius 2 is 1.51 bits per heavy atom. The lowest BCUT2D eigenvalue weighted by Crippen LogP contribution is -2.56. The SMILES string of the molecule is CC[C@@]1(O)C(=O)OCc2c1cc1n(c2=O)Cc2c-1nc1ccccc1c2CCN(CC(C)C)C(=O)CNC(=O)[C@H](CC(N)=O)NC(=O)[C@H](C)NC(=O)[C@H](C)NC(=O)OCC1c2ccccc2-c2ccccc21. The maximum absolute atomic E-state index is 14.0. The quantitative estimate of drug-likeness (QED) is 0.0679. The minimum absolute atomic E-state index is 0.00153. The lowest BCUT2D eigenvalue weighted by molar-refractivity contribution is -0.172. The van der Waals surface area contributed by atoms with Crippen LogP contribution in [0.4, 0.5) is 4.79 Å². The molecule has 0 bridgehead atoms. The van der Waals surface area contributed by atoms with Gasteiger partial charge in [-0.25, -0.2) is 14.6 Å². The molecule has 6 amide bonds. The predicted octanol–water partition coefficient (Wildman–Crippen LogP) is 3.02. The van der Waals surface area contributed by atoms with Crippen molar-refractivity contribution in [3.63, 3.8) is 0 Å². The molecule has 72 heavy (non-hydrogen) atoms. The smallest absolute Gasteiger partial charge is 0.407 e. The van der Waals surface area contributed by atoms with Gasteiger partial charge in [0, 0.05) is 35.5 Å². The summed E-state index contributed by atoms with van der Waals surface area (Å²) in [6.07, 6.45) is -1.13. The van der Waals surface area contributed by atoms with Gasteiger partial charge in [-0.2, -0.15) is 0 Å². The number of para-hydroxylation sites is 1. The molecule has 1 aliphatic carbocycles. The van der Waals surface area contributed by atoms with Crippen LogP contribution in [-0.2, 0) is 63.4 Å². The number of esters is 1. The summed E-state index contributed by atoms with van der Waals surface area (Å²) in [6, 6.07) is 21.0. The molecule has 2 aromatic heterocycles. The van der Waals surface area contributed by atoms with Crippen LogP contribution in [0.15, 0.2) is 83.7 Å². The van der Waals surface area contributed by atoms with Crippen molar-refractivity contribution < 1.29 is 48.1 Å². The van der Waals surface area contributed by atoms with Gasteiger partial charge in [-0.3, -0.25) is 28.8 Å². The number of hydrogen-bond acceptors (Lipinski definition) is 12. The number of nitrogens with one attached hydrogen (secondary N) is 4. The number of benzene rings is 3. The number of cyclic esters (lactones) is 1. The molecule has 0 saturated heterocycles. The van der Waals surface area contributed by atoms with Crippen LogP contribution in [0.2, 0.25) is 0 Å². The Kier molecular flexibility index (Phi) is 14.6. The zero-order valence-electron chi connectivity index (χ0n) is 40.7. The van der Waals surface area contributed by atoms with E-state index in [0.717, 1.165) is 38.8 Å². The van der Waals surface area contributed by atoms with Crippen molar-refractivity contribution in [2.45, 2.75) is 96.7 Å². The summed E-state index contributed by atoms with van der Waals surface area (Å²) in [6.45, 7) is 8.20. The molecule has 19 heteroatoms. The average molecular weight is 983 g/mol. The lowest BCUT2D eigenvalue weighted by Gasteiger charge is -2.31. The number of pyridine rings is 2. The number of aliphatic hydroxyl groups is 1. The van der Waals surface area contributed by atoms with E-state index >= 15 is 0 Å². The number of amides is 6. The van der Waals surface area contributed by atoms with Crippen LogP contribution in [0.1, 0.15) is 86.8 Å². The van der Waals surface area contributed by atoms with E-state index in [-0.39, 0.29) is 55.7 Å². The molecule has 0 spiro atoms. The third kappa shape index (κ3) is 10.0. The number of nitrogens with zero attached hydrogens (tertiary/aromatic N) is 3. The van der Waals surface area contributed by atoms with E-state index in [1.54, 1.807) is 22.5 Å². The number of alkyl carbamates (subject to hydrolysis) is 1. The molecule has 3 aliphatic rings. The van der Waals surface area contributed by atoms with E-state index < -0.39 is 83.8 Å².